The molecule has 0 aliphatic heterocycles. The lowest BCUT2D eigenvalue weighted by atomic mass is 10.0. The number of carbonyl (C=O) groups excluding carboxylic acids is 2. The third-order valence-corrected chi connectivity index (χ3v) is 5.11. The number of esters is 2. The topological polar surface area (TPSA) is 52.6 Å². The fourth-order valence-corrected chi connectivity index (χ4v) is 3.11. The van der Waals surface area contributed by atoms with E-state index >= 15 is 0 Å². The quantitative estimate of drug-likeness (QED) is 0.116. The number of methoxy groups -OCH3 is 1. The van der Waals surface area contributed by atoms with E-state index in [-0.39, 0.29) is 11.9 Å². The Morgan fingerprint density at radius 2 is 0.903 bits per heavy atom. The monoisotopic (exact) mass is 438 g/mol. The first-order valence-corrected chi connectivity index (χ1v) is 12.4. The Hall–Kier alpha value is -1.58. The van der Waals surface area contributed by atoms with Crippen molar-refractivity contribution in [2.24, 2.45) is 0 Å². The van der Waals surface area contributed by atoms with Gasteiger partial charge in [-0.25, -0.2) is 9.59 Å². The maximum atomic E-state index is 11.2. The number of rotatable bonds is 19. The van der Waals surface area contributed by atoms with E-state index in [9.17, 15) is 9.59 Å². The first kappa shape index (κ1) is 31.6. The predicted molar refractivity (Wildman–Crippen MR) is 132 cm³/mol. The van der Waals surface area contributed by atoms with Crippen molar-refractivity contribution in [2.75, 3.05) is 13.7 Å². The van der Waals surface area contributed by atoms with Gasteiger partial charge in [-0.2, -0.15) is 0 Å². The Morgan fingerprint density at radius 3 is 1.16 bits per heavy atom. The molecule has 0 aromatic heterocycles. The molecule has 0 unspecified atom stereocenters. The van der Waals surface area contributed by atoms with E-state index in [4.69, 9.17) is 4.74 Å². The van der Waals surface area contributed by atoms with Gasteiger partial charge in [0.2, 0.25) is 0 Å². The van der Waals surface area contributed by atoms with Crippen LogP contribution < -0.4 is 0 Å². The van der Waals surface area contributed by atoms with Gasteiger partial charge < -0.3 is 9.47 Å². The van der Waals surface area contributed by atoms with E-state index in [1.807, 2.05) is 0 Å². The highest BCUT2D eigenvalue weighted by Gasteiger charge is 2.01. The zero-order valence-corrected chi connectivity index (χ0v) is 21.1. The largest absolute Gasteiger partial charge is 0.466 e. The van der Waals surface area contributed by atoms with Crippen LogP contribution in [0, 0.1) is 0 Å². The minimum absolute atomic E-state index is 0.254. The number of hydrogen-bond donors (Lipinski definition) is 0. The molecular formula is C27H50O4. The average Bonchev–Trinajstić information content (AvgIpc) is 2.75. The standard InChI is InChI=1S/C22H42O2.C5H8O2/c1-4-5-6-7-8-9-10-11-12-13-14-15-16-17-18-19-20-24-22(23)21(2)3;1-4(2)5(6)7-3/h2,4-20H2,1,3H3;1H2,2-3H3. The smallest absolute Gasteiger partial charge is 0.333 e. The van der Waals surface area contributed by atoms with Crippen LogP contribution in [0.3, 0.4) is 0 Å². The third kappa shape index (κ3) is 26.4. The molecule has 0 N–H and O–H groups in total. The molecule has 4 nitrogen and oxygen atoms in total. The summed E-state index contributed by atoms with van der Waals surface area (Å²) in [7, 11) is 1.33. The number of hydrogen-bond acceptors (Lipinski definition) is 4. The van der Waals surface area contributed by atoms with Crippen LogP contribution in [0.2, 0.25) is 0 Å². The molecule has 0 rings (SSSR count). The molecule has 0 amide bonds. The van der Waals surface area contributed by atoms with Crippen LogP contribution in [-0.2, 0) is 19.1 Å². The van der Waals surface area contributed by atoms with Crippen LogP contribution in [-0.4, -0.2) is 25.7 Å². The third-order valence-electron chi connectivity index (χ3n) is 5.11. The zero-order chi connectivity index (χ0) is 23.7. The van der Waals surface area contributed by atoms with Gasteiger partial charge in [-0.15, -0.1) is 0 Å². The van der Waals surface area contributed by atoms with Crippen molar-refractivity contribution in [1.29, 1.82) is 0 Å². The SMILES string of the molecule is C=C(C)C(=O)OC.C=C(C)C(=O)OCCCCCCCCCCCCCCCCCC. The molecule has 0 aromatic rings. The minimum Gasteiger partial charge on any atom is -0.466 e. The van der Waals surface area contributed by atoms with E-state index in [1.54, 1.807) is 13.8 Å². The van der Waals surface area contributed by atoms with Gasteiger partial charge in [0, 0.05) is 11.1 Å². The van der Waals surface area contributed by atoms with Crippen LogP contribution in [0.15, 0.2) is 24.3 Å². The minimum atomic E-state index is -0.347. The summed E-state index contributed by atoms with van der Waals surface area (Å²) in [6.07, 6.45) is 21.7. The summed E-state index contributed by atoms with van der Waals surface area (Å²) in [6, 6.07) is 0. The maximum Gasteiger partial charge on any atom is 0.333 e. The van der Waals surface area contributed by atoms with Crippen molar-refractivity contribution in [3.8, 4) is 0 Å². The van der Waals surface area contributed by atoms with Crippen molar-refractivity contribution < 1.29 is 19.1 Å². The molecule has 31 heavy (non-hydrogen) atoms. The fourth-order valence-electron chi connectivity index (χ4n) is 3.11. The van der Waals surface area contributed by atoms with E-state index < -0.39 is 0 Å². The molecule has 0 aliphatic rings. The Morgan fingerprint density at radius 1 is 0.581 bits per heavy atom. The highest BCUT2D eigenvalue weighted by molar-refractivity contribution is 5.87. The highest BCUT2D eigenvalue weighted by Crippen LogP contribution is 2.13. The molecule has 0 aliphatic carbocycles. The molecule has 0 atom stereocenters. The second kappa shape index (κ2) is 24.7. The molecule has 0 bridgehead atoms. The van der Waals surface area contributed by atoms with E-state index in [1.165, 1.54) is 103 Å². The molecule has 0 fully saturated rings. The molecule has 0 heterocycles. The van der Waals surface area contributed by atoms with Gasteiger partial charge in [0.15, 0.2) is 0 Å². The van der Waals surface area contributed by atoms with Crippen molar-refractivity contribution in [3.63, 3.8) is 0 Å². The van der Waals surface area contributed by atoms with Gasteiger partial charge in [0.25, 0.3) is 0 Å². The Labute approximate surface area is 192 Å². The zero-order valence-electron chi connectivity index (χ0n) is 21.1. The van der Waals surface area contributed by atoms with Crippen LogP contribution in [0.4, 0.5) is 0 Å². The highest BCUT2D eigenvalue weighted by atomic mass is 16.5. The summed E-state index contributed by atoms with van der Waals surface area (Å²) in [4.78, 5) is 21.4. The molecule has 0 spiro atoms. The molecule has 182 valence electrons. The van der Waals surface area contributed by atoms with Crippen molar-refractivity contribution in [2.45, 2.75) is 124 Å². The predicted octanol–water partition coefficient (Wildman–Crippen LogP) is 8.10. The Kier molecular flexibility index (Phi) is 25.2. The van der Waals surface area contributed by atoms with Crippen LogP contribution in [0.25, 0.3) is 0 Å². The van der Waals surface area contributed by atoms with Gasteiger partial charge in [0.1, 0.15) is 0 Å². The normalized spacial score (nSPS) is 10.1. The Balaban J connectivity index is 0. The number of ether oxygens (including phenoxy) is 2. The lowest BCUT2D eigenvalue weighted by Gasteiger charge is -2.05. The summed E-state index contributed by atoms with van der Waals surface area (Å²) in [5, 5.41) is 0. The van der Waals surface area contributed by atoms with Gasteiger partial charge in [-0.05, 0) is 20.3 Å². The summed E-state index contributed by atoms with van der Waals surface area (Å²) in [5.41, 5.74) is 0.925. The van der Waals surface area contributed by atoms with Crippen molar-refractivity contribution in [3.05, 3.63) is 24.3 Å². The van der Waals surface area contributed by atoms with Gasteiger partial charge in [-0.3, -0.25) is 0 Å². The molecule has 0 saturated heterocycles. The summed E-state index contributed by atoms with van der Waals surface area (Å²) >= 11 is 0. The maximum absolute atomic E-state index is 11.2. The molecule has 4 heteroatoms. The van der Waals surface area contributed by atoms with E-state index in [0.717, 1.165) is 6.42 Å². The second-order valence-electron chi connectivity index (χ2n) is 8.49. The Bertz CT molecular complexity index is 468. The molecule has 0 aromatic carbocycles. The average molecular weight is 439 g/mol. The van der Waals surface area contributed by atoms with Crippen LogP contribution in [0.5, 0.6) is 0 Å². The van der Waals surface area contributed by atoms with Crippen LogP contribution in [0.1, 0.15) is 124 Å². The van der Waals surface area contributed by atoms with E-state index in [0.29, 0.717) is 17.8 Å². The van der Waals surface area contributed by atoms with Gasteiger partial charge in [-0.1, -0.05) is 116 Å². The molecule has 0 radical (unpaired) electrons. The second-order valence-corrected chi connectivity index (χ2v) is 8.49. The first-order chi connectivity index (χ1) is 14.9. The summed E-state index contributed by atoms with van der Waals surface area (Å²) in [6.45, 7) is 13.0. The van der Waals surface area contributed by atoms with E-state index in [2.05, 4.69) is 24.8 Å². The van der Waals surface area contributed by atoms with Gasteiger partial charge >= 0.3 is 11.9 Å². The van der Waals surface area contributed by atoms with Crippen molar-refractivity contribution >= 4 is 11.9 Å². The summed E-state index contributed by atoms with van der Waals surface area (Å²) in [5.74, 6) is -0.601. The van der Waals surface area contributed by atoms with Crippen LogP contribution >= 0.6 is 0 Å². The first-order valence-electron chi connectivity index (χ1n) is 12.4. The lowest BCUT2D eigenvalue weighted by Crippen LogP contribution is -2.05. The van der Waals surface area contributed by atoms with Crippen molar-refractivity contribution in [1.82, 2.24) is 0 Å². The number of unbranched alkanes of at least 4 members (excludes halogenated alkanes) is 15. The lowest BCUT2D eigenvalue weighted by molar-refractivity contribution is -0.139. The molecule has 0 saturated carbocycles. The fraction of sp³-hybridized carbons (Fsp3) is 0.778. The summed E-state index contributed by atoms with van der Waals surface area (Å²) < 4.78 is 9.36. The van der Waals surface area contributed by atoms with Gasteiger partial charge in [0.05, 0.1) is 13.7 Å². The molecular weight excluding hydrogens is 388 g/mol. The number of carbonyl (C=O) groups is 2.